The molecule has 0 radical (unpaired) electrons. The summed E-state index contributed by atoms with van der Waals surface area (Å²) in [4.78, 5) is 23.1. The van der Waals surface area contributed by atoms with Gasteiger partial charge in [0.2, 0.25) is 0 Å². The first-order valence-corrected chi connectivity index (χ1v) is 7.46. The standard InChI is InChI=1S/C17H17F3O2/c1-9-2-10(4-12(3-9)17(18,19)20)15-8-16(15)11-5-13(21)7-14(22)6-11/h2-4,11,15-16H,5-8H2,1H3/t15-,16?/m0/s1. The van der Waals surface area contributed by atoms with Crippen molar-refractivity contribution in [2.45, 2.75) is 44.7 Å². The van der Waals surface area contributed by atoms with Crippen LogP contribution in [0.5, 0.6) is 0 Å². The zero-order chi connectivity index (χ0) is 16.1. The molecule has 2 fully saturated rings. The molecule has 0 bridgehead atoms. The highest BCUT2D eigenvalue weighted by Gasteiger charge is 2.46. The Morgan fingerprint density at radius 2 is 1.68 bits per heavy atom. The van der Waals surface area contributed by atoms with E-state index < -0.39 is 11.7 Å². The van der Waals surface area contributed by atoms with Crippen molar-refractivity contribution in [1.29, 1.82) is 0 Å². The molecule has 5 heteroatoms. The zero-order valence-electron chi connectivity index (χ0n) is 12.2. The van der Waals surface area contributed by atoms with Crippen molar-refractivity contribution in [2.75, 3.05) is 0 Å². The summed E-state index contributed by atoms with van der Waals surface area (Å²) in [5, 5.41) is 0. The van der Waals surface area contributed by atoms with Gasteiger partial charge < -0.3 is 0 Å². The molecule has 1 aromatic rings. The fraction of sp³-hybridized carbons (Fsp3) is 0.529. The summed E-state index contributed by atoms with van der Waals surface area (Å²) >= 11 is 0. The van der Waals surface area contributed by atoms with Crippen LogP contribution in [-0.4, -0.2) is 11.6 Å². The number of aryl methyl sites for hydroxylation is 1. The lowest BCUT2D eigenvalue weighted by Crippen LogP contribution is -2.24. The van der Waals surface area contributed by atoms with Crippen molar-refractivity contribution in [3.63, 3.8) is 0 Å². The maximum Gasteiger partial charge on any atom is 0.416 e. The molecule has 0 spiro atoms. The molecular weight excluding hydrogens is 293 g/mol. The van der Waals surface area contributed by atoms with E-state index in [1.54, 1.807) is 13.0 Å². The molecule has 22 heavy (non-hydrogen) atoms. The van der Waals surface area contributed by atoms with Gasteiger partial charge in [-0.1, -0.05) is 11.6 Å². The number of hydrogen-bond donors (Lipinski definition) is 0. The number of carbonyl (C=O) groups is 2. The molecule has 2 nitrogen and oxygen atoms in total. The molecule has 0 aromatic heterocycles. The highest BCUT2D eigenvalue weighted by atomic mass is 19.4. The normalized spacial score (nSPS) is 26.4. The Morgan fingerprint density at radius 1 is 1.05 bits per heavy atom. The van der Waals surface area contributed by atoms with E-state index >= 15 is 0 Å². The Morgan fingerprint density at radius 3 is 2.27 bits per heavy atom. The molecule has 0 aliphatic heterocycles. The number of alkyl halides is 3. The minimum absolute atomic E-state index is 0.00796. The summed E-state index contributed by atoms with van der Waals surface area (Å²) in [5.74, 6) is 0.147. The number of rotatable bonds is 2. The van der Waals surface area contributed by atoms with E-state index in [9.17, 15) is 22.8 Å². The largest absolute Gasteiger partial charge is 0.416 e. The quantitative estimate of drug-likeness (QED) is 0.772. The van der Waals surface area contributed by atoms with E-state index in [0.717, 1.165) is 12.5 Å². The van der Waals surface area contributed by atoms with Crippen LogP contribution in [0.1, 0.15) is 48.3 Å². The average Bonchev–Trinajstić information content (AvgIpc) is 3.15. The van der Waals surface area contributed by atoms with Crippen LogP contribution in [-0.2, 0) is 15.8 Å². The summed E-state index contributed by atoms with van der Waals surface area (Å²) in [6, 6.07) is 4.14. The third kappa shape index (κ3) is 3.08. The molecule has 0 heterocycles. The van der Waals surface area contributed by atoms with E-state index in [-0.39, 0.29) is 35.7 Å². The Labute approximate surface area is 126 Å². The second kappa shape index (κ2) is 5.21. The minimum Gasteiger partial charge on any atom is -0.299 e. The van der Waals surface area contributed by atoms with Crippen LogP contribution in [0.25, 0.3) is 0 Å². The minimum atomic E-state index is -4.35. The highest BCUT2D eigenvalue weighted by molar-refractivity contribution is 6.01. The van der Waals surface area contributed by atoms with Crippen LogP contribution < -0.4 is 0 Å². The van der Waals surface area contributed by atoms with Crippen LogP contribution in [0.15, 0.2) is 18.2 Å². The fourth-order valence-electron chi connectivity index (χ4n) is 3.63. The van der Waals surface area contributed by atoms with E-state index in [1.165, 1.54) is 6.07 Å². The maximum atomic E-state index is 12.9. The van der Waals surface area contributed by atoms with Crippen molar-refractivity contribution in [1.82, 2.24) is 0 Å². The third-order valence-corrected chi connectivity index (χ3v) is 4.67. The van der Waals surface area contributed by atoms with Gasteiger partial charge in [-0.25, -0.2) is 0 Å². The number of halogens is 3. The number of carbonyl (C=O) groups excluding carboxylic acids is 2. The fourth-order valence-corrected chi connectivity index (χ4v) is 3.63. The Hall–Kier alpha value is -1.65. The van der Waals surface area contributed by atoms with E-state index in [0.29, 0.717) is 24.0 Å². The van der Waals surface area contributed by atoms with Gasteiger partial charge >= 0.3 is 6.18 Å². The van der Waals surface area contributed by atoms with Gasteiger partial charge in [0.15, 0.2) is 0 Å². The molecule has 0 amide bonds. The van der Waals surface area contributed by atoms with Crippen molar-refractivity contribution < 1.29 is 22.8 Å². The average molecular weight is 310 g/mol. The smallest absolute Gasteiger partial charge is 0.299 e. The van der Waals surface area contributed by atoms with Gasteiger partial charge in [-0.05, 0) is 48.8 Å². The molecule has 2 aliphatic rings. The van der Waals surface area contributed by atoms with Gasteiger partial charge in [-0.15, -0.1) is 0 Å². The van der Waals surface area contributed by atoms with E-state index in [2.05, 4.69) is 0 Å². The van der Waals surface area contributed by atoms with Gasteiger partial charge in [-0.3, -0.25) is 9.59 Å². The van der Waals surface area contributed by atoms with Crippen LogP contribution in [0.2, 0.25) is 0 Å². The Bertz CT molecular complexity index is 617. The molecule has 1 aromatic carbocycles. The number of hydrogen-bond acceptors (Lipinski definition) is 2. The molecular formula is C17H17F3O2. The SMILES string of the molecule is Cc1cc([C@@H]2CC2C2CC(=O)CC(=O)C2)cc(C(F)(F)F)c1. The first-order valence-electron chi connectivity index (χ1n) is 7.46. The molecule has 0 N–H and O–H groups in total. The number of Topliss-reactive ketones (excluding diaryl/α,β-unsaturated/α-hetero) is 2. The van der Waals surface area contributed by atoms with E-state index in [4.69, 9.17) is 0 Å². The lowest BCUT2D eigenvalue weighted by molar-refractivity contribution is -0.137. The van der Waals surface area contributed by atoms with Crippen LogP contribution >= 0.6 is 0 Å². The number of benzene rings is 1. The van der Waals surface area contributed by atoms with Crippen LogP contribution in [0, 0.1) is 18.8 Å². The topological polar surface area (TPSA) is 34.1 Å². The number of ketones is 2. The van der Waals surface area contributed by atoms with Crippen molar-refractivity contribution in [3.8, 4) is 0 Å². The molecule has 2 saturated carbocycles. The Kier molecular flexibility index (Phi) is 3.62. The first kappa shape index (κ1) is 15.3. The predicted octanol–water partition coefficient (Wildman–Crippen LogP) is 4.06. The highest BCUT2D eigenvalue weighted by Crippen LogP contribution is 2.55. The van der Waals surface area contributed by atoms with Crippen molar-refractivity contribution in [2.24, 2.45) is 11.8 Å². The molecule has 3 rings (SSSR count). The molecule has 1 unspecified atom stereocenters. The van der Waals surface area contributed by atoms with Gasteiger partial charge in [-0.2, -0.15) is 13.2 Å². The Balaban J connectivity index is 1.78. The molecule has 2 atom stereocenters. The summed E-state index contributed by atoms with van der Waals surface area (Å²) in [6.45, 7) is 1.66. The van der Waals surface area contributed by atoms with E-state index in [1.807, 2.05) is 0 Å². The maximum absolute atomic E-state index is 12.9. The van der Waals surface area contributed by atoms with Gasteiger partial charge in [0.05, 0.1) is 12.0 Å². The predicted molar refractivity (Wildman–Crippen MR) is 74.4 cm³/mol. The van der Waals surface area contributed by atoms with Gasteiger partial charge in [0.1, 0.15) is 11.6 Å². The lowest BCUT2D eigenvalue weighted by atomic mass is 9.83. The summed E-state index contributed by atoms with van der Waals surface area (Å²) in [7, 11) is 0. The first-order chi connectivity index (χ1) is 10.2. The van der Waals surface area contributed by atoms with Gasteiger partial charge in [0, 0.05) is 12.8 Å². The molecule has 0 saturated heterocycles. The second-order valence-corrected chi connectivity index (χ2v) is 6.56. The molecule has 118 valence electrons. The van der Waals surface area contributed by atoms with Crippen molar-refractivity contribution in [3.05, 3.63) is 34.9 Å². The molecule has 2 aliphatic carbocycles. The van der Waals surface area contributed by atoms with Crippen LogP contribution in [0.4, 0.5) is 13.2 Å². The second-order valence-electron chi connectivity index (χ2n) is 6.56. The summed E-state index contributed by atoms with van der Waals surface area (Å²) < 4.78 is 38.7. The van der Waals surface area contributed by atoms with Crippen molar-refractivity contribution >= 4 is 11.6 Å². The van der Waals surface area contributed by atoms with Gasteiger partial charge in [0.25, 0.3) is 0 Å². The monoisotopic (exact) mass is 310 g/mol. The zero-order valence-corrected chi connectivity index (χ0v) is 12.2. The lowest BCUT2D eigenvalue weighted by Gasteiger charge is -2.20. The summed E-state index contributed by atoms with van der Waals surface area (Å²) in [6.07, 6.45) is -2.76. The van der Waals surface area contributed by atoms with Crippen LogP contribution in [0.3, 0.4) is 0 Å². The summed E-state index contributed by atoms with van der Waals surface area (Å²) in [5.41, 5.74) is 0.651. The third-order valence-electron chi connectivity index (χ3n) is 4.67.